The van der Waals surface area contributed by atoms with Crippen LogP contribution >= 0.6 is 0 Å². The number of H-pyrrole nitrogens is 1. The van der Waals surface area contributed by atoms with E-state index in [4.69, 9.17) is 5.26 Å². The van der Waals surface area contributed by atoms with Gasteiger partial charge in [0.15, 0.2) is 0 Å². The van der Waals surface area contributed by atoms with Crippen LogP contribution in [0.5, 0.6) is 0 Å². The molecule has 1 aliphatic heterocycles. The van der Waals surface area contributed by atoms with Crippen LogP contribution in [0.1, 0.15) is 41.1 Å². The maximum Gasteiger partial charge on any atom is 0.266 e. The van der Waals surface area contributed by atoms with Gasteiger partial charge in [-0.3, -0.25) is 9.59 Å². The lowest BCUT2D eigenvalue weighted by Crippen LogP contribution is -2.41. The van der Waals surface area contributed by atoms with Gasteiger partial charge in [0.05, 0.1) is 0 Å². The Bertz CT molecular complexity index is 903. The molecule has 0 saturated heterocycles. The number of rotatable bonds is 4. The van der Waals surface area contributed by atoms with Gasteiger partial charge in [0.25, 0.3) is 5.56 Å². The smallest absolute Gasteiger partial charge is 0.266 e. The highest BCUT2D eigenvalue weighted by Crippen LogP contribution is 2.16. The van der Waals surface area contributed by atoms with Crippen molar-refractivity contribution in [2.24, 2.45) is 0 Å². The zero-order valence-corrected chi connectivity index (χ0v) is 14.4. The van der Waals surface area contributed by atoms with Gasteiger partial charge in [-0.25, -0.2) is 4.98 Å². The molecule has 0 fully saturated rings. The number of fused-ring (bicyclic) bond motifs is 1. The first-order valence-electron chi connectivity index (χ1n) is 8.41. The molecule has 7 nitrogen and oxygen atoms in total. The molecule has 2 N–H and O–H groups in total. The van der Waals surface area contributed by atoms with Gasteiger partial charge in [0.1, 0.15) is 17.5 Å². The third-order valence-electron chi connectivity index (χ3n) is 4.82. The molecule has 3 rings (SSSR count). The van der Waals surface area contributed by atoms with Crippen LogP contribution in [-0.2, 0) is 24.2 Å². The summed E-state index contributed by atoms with van der Waals surface area (Å²) in [5.41, 5.74) is 2.00. The maximum absolute atomic E-state index is 12.3. The van der Waals surface area contributed by atoms with Crippen LogP contribution in [0.2, 0.25) is 0 Å². The number of imidazole rings is 1. The SMILES string of the molecule is Cc1[nH]c(=O)c(C#N)c(C)c1CCC(=O)NC1CCc2nccn2C1. The molecule has 1 unspecified atom stereocenters. The molecule has 7 heteroatoms. The highest BCUT2D eigenvalue weighted by atomic mass is 16.1. The van der Waals surface area contributed by atoms with Crippen molar-refractivity contribution in [3.8, 4) is 6.07 Å². The van der Waals surface area contributed by atoms with E-state index in [0.717, 1.165) is 36.5 Å². The molecule has 0 aromatic carbocycles. The van der Waals surface area contributed by atoms with Gasteiger partial charge in [-0.1, -0.05) is 0 Å². The number of nitrogens with zero attached hydrogens (tertiary/aromatic N) is 3. The Morgan fingerprint density at radius 1 is 1.52 bits per heavy atom. The minimum atomic E-state index is -0.371. The number of carbonyl (C=O) groups is 1. The Morgan fingerprint density at radius 2 is 2.32 bits per heavy atom. The number of amides is 1. The third-order valence-corrected chi connectivity index (χ3v) is 4.82. The average molecular weight is 339 g/mol. The molecule has 130 valence electrons. The molecule has 0 aliphatic carbocycles. The molecule has 0 bridgehead atoms. The standard InChI is InChI=1S/C18H21N5O2/c1-11-14(12(2)21-18(25)15(11)9-19)4-6-17(24)22-13-3-5-16-20-7-8-23(16)10-13/h7-8,13H,3-6,10H2,1-2H3,(H,21,25)(H,22,24). The van der Waals surface area contributed by atoms with E-state index in [2.05, 4.69) is 19.9 Å². The molecule has 1 aliphatic rings. The van der Waals surface area contributed by atoms with Crippen molar-refractivity contribution in [2.45, 2.75) is 52.1 Å². The quantitative estimate of drug-likeness (QED) is 0.871. The average Bonchev–Trinajstić information content (AvgIpc) is 3.02. The van der Waals surface area contributed by atoms with E-state index >= 15 is 0 Å². The van der Waals surface area contributed by atoms with Crippen molar-refractivity contribution in [2.75, 3.05) is 0 Å². The number of pyridine rings is 1. The lowest BCUT2D eigenvalue weighted by molar-refractivity contribution is -0.122. The summed E-state index contributed by atoms with van der Waals surface area (Å²) in [6.07, 6.45) is 6.29. The first kappa shape index (κ1) is 17.0. The van der Waals surface area contributed by atoms with E-state index in [-0.39, 0.29) is 23.1 Å². The summed E-state index contributed by atoms with van der Waals surface area (Å²) in [5, 5.41) is 12.2. The van der Waals surface area contributed by atoms with Gasteiger partial charge >= 0.3 is 0 Å². The summed E-state index contributed by atoms with van der Waals surface area (Å²) >= 11 is 0. The number of nitriles is 1. The van der Waals surface area contributed by atoms with Crippen molar-refractivity contribution < 1.29 is 4.79 Å². The second kappa shape index (κ2) is 6.93. The van der Waals surface area contributed by atoms with Gasteiger partial charge in [-0.15, -0.1) is 0 Å². The number of hydrogen-bond acceptors (Lipinski definition) is 4. The van der Waals surface area contributed by atoms with E-state index in [9.17, 15) is 9.59 Å². The van der Waals surface area contributed by atoms with Crippen LogP contribution in [0.15, 0.2) is 17.2 Å². The zero-order valence-electron chi connectivity index (χ0n) is 14.4. The van der Waals surface area contributed by atoms with Crippen LogP contribution in [0.4, 0.5) is 0 Å². The van der Waals surface area contributed by atoms with Crippen LogP contribution in [0.25, 0.3) is 0 Å². The van der Waals surface area contributed by atoms with E-state index in [0.29, 0.717) is 18.4 Å². The maximum atomic E-state index is 12.3. The fourth-order valence-corrected chi connectivity index (χ4v) is 3.44. The molecule has 2 aromatic heterocycles. The van der Waals surface area contributed by atoms with E-state index in [1.54, 1.807) is 20.0 Å². The van der Waals surface area contributed by atoms with Gasteiger partial charge < -0.3 is 14.9 Å². The molecular weight excluding hydrogens is 318 g/mol. The molecular formula is C18H21N5O2. The minimum absolute atomic E-state index is 0.0166. The van der Waals surface area contributed by atoms with E-state index in [1.807, 2.05) is 12.3 Å². The Morgan fingerprint density at radius 3 is 3.08 bits per heavy atom. The summed E-state index contributed by atoms with van der Waals surface area (Å²) in [5.74, 6) is 1.05. The van der Waals surface area contributed by atoms with Crippen LogP contribution in [-0.4, -0.2) is 26.5 Å². The van der Waals surface area contributed by atoms with Crippen molar-refractivity contribution >= 4 is 5.91 Å². The van der Waals surface area contributed by atoms with Crippen molar-refractivity contribution in [3.05, 3.63) is 51.0 Å². The summed E-state index contributed by atoms with van der Waals surface area (Å²) < 4.78 is 2.07. The normalized spacial score (nSPS) is 16.1. The van der Waals surface area contributed by atoms with Crippen molar-refractivity contribution in [1.82, 2.24) is 19.9 Å². The second-order valence-electron chi connectivity index (χ2n) is 6.47. The highest BCUT2D eigenvalue weighted by molar-refractivity contribution is 5.76. The lowest BCUT2D eigenvalue weighted by Gasteiger charge is -2.24. The Hall–Kier alpha value is -2.88. The van der Waals surface area contributed by atoms with E-state index in [1.165, 1.54) is 0 Å². The molecule has 25 heavy (non-hydrogen) atoms. The summed E-state index contributed by atoms with van der Waals surface area (Å²) in [4.78, 5) is 31.0. The summed E-state index contributed by atoms with van der Waals surface area (Å²) in [6.45, 7) is 4.30. The van der Waals surface area contributed by atoms with Crippen molar-refractivity contribution in [3.63, 3.8) is 0 Å². The van der Waals surface area contributed by atoms with Gasteiger partial charge in [-0.2, -0.15) is 5.26 Å². The van der Waals surface area contributed by atoms with Gasteiger partial charge in [-0.05, 0) is 37.8 Å². The van der Waals surface area contributed by atoms with Crippen LogP contribution in [0, 0.1) is 25.2 Å². The fraction of sp³-hybridized carbons (Fsp3) is 0.444. The summed E-state index contributed by atoms with van der Waals surface area (Å²) in [7, 11) is 0. The van der Waals surface area contributed by atoms with Crippen molar-refractivity contribution in [1.29, 1.82) is 5.26 Å². The summed E-state index contributed by atoms with van der Waals surface area (Å²) in [6, 6.07) is 2.05. The first-order valence-corrected chi connectivity index (χ1v) is 8.41. The Labute approximate surface area is 145 Å². The van der Waals surface area contributed by atoms with Crippen LogP contribution in [0.3, 0.4) is 0 Å². The van der Waals surface area contributed by atoms with Gasteiger partial charge in [0.2, 0.25) is 5.91 Å². The van der Waals surface area contributed by atoms with Crippen LogP contribution < -0.4 is 10.9 Å². The number of aryl methyl sites for hydroxylation is 2. The molecule has 1 atom stereocenters. The molecule has 2 aromatic rings. The number of aromatic amines is 1. The number of hydrogen-bond donors (Lipinski definition) is 2. The molecule has 0 saturated carbocycles. The fourth-order valence-electron chi connectivity index (χ4n) is 3.44. The molecule has 0 radical (unpaired) electrons. The first-order chi connectivity index (χ1) is 12.0. The van der Waals surface area contributed by atoms with E-state index < -0.39 is 0 Å². The van der Waals surface area contributed by atoms with Gasteiger partial charge in [0, 0.05) is 43.5 Å². The Kier molecular flexibility index (Phi) is 4.70. The predicted molar refractivity (Wildman–Crippen MR) is 92.1 cm³/mol. The second-order valence-corrected chi connectivity index (χ2v) is 6.47. The number of aromatic nitrogens is 3. The predicted octanol–water partition coefficient (Wildman–Crippen LogP) is 1.12. The zero-order chi connectivity index (χ0) is 18.0. The molecule has 3 heterocycles. The topological polar surface area (TPSA) is 104 Å². The molecule has 1 amide bonds. The monoisotopic (exact) mass is 339 g/mol. The highest BCUT2D eigenvalue weighted by Gasteiger charge is 2.20. The third kappa shape index (κ3) is 3.48. The number of nitrogens with one attached hydrogen (secondary N) is 2. The largest absolute Gasteiger partial charge is 0.352 e. The Balaban J connectivity index is 1.62. The number of carbonyl (C=O) groups excluding carboxylic acids is 1. The minimum Gasteiger partial charge on any atom is -0.352 e. The lowest BCUT2D eigenvalue weighted by atomic mass is 9.98. The molecule has 0 spiro atoms.